The summed E-state index contributed by atoms with van der Waals surface area (Å²) in [5.41, 5.74) is 3.40. The molecular weight excluding hydrogens is 394 g/mol. The van der Waals surface area contributed by atoms with Gasteiger partial charge in [0.1, 0.15) is 11.5 Å². The first-order chi connectivity index (χ1) is 14.9. The van der Waals surface area contributed by atoms with Crippen LogP contribution in [0.5, 0.6) is 0 Å². The lowest BCUT2D eigenvalue weighted by atomic mass is 10.1. The number of H-pyrrole nitrogens is 1. The van der Waals surface area contributed by atoms with Gasteiger partial charge in [0.2, 0.25) is 5.95 Å². The van der Waals surface area contributed by atoms with Gasteiger partial charge in [-0.05, 0) is 44.5 Å². The number of anilines is 1. The van der Waals surface area contributed by atoms with E-state index in [0.29, 0.717) is 35.0 Å². The number of amides is 1. The number of hydrogen-bond acceptors (Lipinski definition) is 5. The summed E-state index contributed by atoms with van der Waals surface area (Å²) in [7, 11) is 0. The van der Waals surface area contributed by atoms with Gasteiger partial charge in [-0.3, -0.25) is 14.6 Å². The van der Waals surface area contributed by atoms with Crippen molar-refractivity contribution in [1.29, 1.82) is 0 Å². The van der Waals surface area contributed by atoms with Crippen molar-refractivity contribution in [3.05, 3.63) is 81.5 Å². The van der Waals surface area contributed by atoms with Crippen LogP contribution < -0.4 is 10.9 Å². The second-order valence-corrected chi connectivity index (χ2v) is 7.44. The first kappa shape index (κ1) is 20.3. The van der Waals surface area contributed by atoms with Crippen LogP contribution in [0.25, 0.3) is 17.4 Å². The monoisotopic (exact) mass is 417 g/mol. The molecule has 4 aromatic rings. The number of aryl methyl sites for hydroxylation is 3. The summed E-state index contributed by atoms with van der Waals surface area (Å²) in [6.07, 6.45) is 3.06. The van der Waals surface area contributed by atoms with E-state index in [1.165, 1.54) is 10.7 Å². The summed E-state index contributed by atoms with van der Waals surface area (Å²) in [5, 5.41) is 7.41. The molecule has 0 spiro atoms. The number of carbonyl (C=O) groups excluding carboxylic acids is 1. The van der Waals surface area contributed by atoms with Crippen LogP contribution in [0.4, 0.5) is 5.82 Å². The molecule has 158 valence electrons. The van der Waals surface area contributed by atoms with E-state index in [1.807, 2.05) is 39.0 Å². The Kier molecular flexibility index (Phi) is 5.53. The summed E-state index contributed by atoms with van der Waals surface area (Å²) in [4.78, 5) is 32.4. The Bertz CT molecular complexity index is 1260. The first-order valence-corrected chi connectivity index (χ1v) is 10.1. The summed E-state index contributed by atoms with van der Waals surface area (Å²) in [5.74, 6) is 0.843. The minimum atomic E-state index is -0.286. The highest BCUT2D eigenvalue weighted by Gasteiger charge is 2.18. The molecule has 8 heteroatoms. The lowest BCUT2D eigenvalue weighted by molar-refractivity contribution is 0.102. The van der Waals surface area contributed by atoms with E-state index in [1.54, 1.807) is 24.5 Å². The molecule has 4 rings (SSSR count). The number of aromatic amines is 1. The highest BCUT2D eigenvalue weighted by atomic mass is 16.3. The Morgan fingerprint density at radius 3 is 2.61 bits per heavy atom. The van der Waals surface area contributed by atoms with Crippen LogP contribution in [0, 0.1) is 13.8 Å². The van der Waals surface area contributed by atoms with E-state index in [-0.39, 0.29) is 17.4 Å². The number of rotatable bonds is 6. The third kappa shape index (κ3) is 4.48. The molecule has 0 unspecified atom stereocenters. The molecule has 3 aromatic heterocycles. The van der Waals surface area contributed by atoms with E-state index in [9.17, 15) is 9.59 Å². The molecular formula is C23H23N5O3. The van der Waals surface area contributed by atoms with Crippen LogP contribution in [0.1, 0.15) is 40.5 Å². The van der Waals surface area contributed by atoms with Crippen molar-refractivity contribution in [2.75, 3.05) is 5.32 Å². The fourth-order valence-electron chi connectivity index (χ4n) is 3.45. The Labute approximate surface area is 179 Å². The van der Waals surface area contributed by atoms with Crippen molar-refractivity contribution in [1.82, 2.24) is 19.7 Å². The van der Waals surface area contributed by atoms with Crippen molar-refractivity contribution >= 4 is 11.7 Å². The smallest absolute Gasteiger partial charge is 0.256 e. The number of benzene rings is 1. The van der Waals surface area contributed by atoms with Crippen molar-refractivity contribution in [3.63, 3.8) is 0 Å². The van der Waals surface area contributed by atoms with Crippen LogP contribution >= 0.6 is 0 Å². The van der Waals surface area contributed by atoms with E-state index in [2.05, 4.69) is 20.4 Å². The van der Waals surface area contributed by atoms with Gasteiger partial charge in [0.25, 0.3) is 11.5 Å². The average molecular weight is 417 g/mol. The predicted octanol–water partition coefficient (Wildman–Crippen LogP) is 4.04. The van der Waals surface area contributed by atoms with E-state index >= 15 is 0 Å². The van der Waals surface area contributed by atoms with Gasteiger partial charge in [-0.25, -0.2) is 4.98 Å². The van der Waals surface area contributed by atoms with E-state index in [4.69, 9.17) is 4.42 Å². The zero-order valence-corrected chi connectivity index (χ0v) is 17.6. The Hall–Kier alpha value is -3.94. The average Bonchev–Trinajstić information content (AvgIpc) is 3.37. The van der Waals surface area contributed by atoms with Crippen molar-refractivity contribution in [2.24, 2.45) is 0 Å². The minimum absolute atomic E-state index is 0.226. The molecule has 0 aliphatic heterocycles. The fraction of sp³-hybridized carbons (Fsp3) is 0.217. The van der Waals surface area contributed by atoms with Gasteiger partial charge in [-0.15, -0.1) is 0 Å². The van der Waals surface area contributed by atoms with Crippen molar-refractivity contribution < 1.29 is 9.21 Å². The molecule has 0 fully saturated rings. The molecule has 1 amide bonds. The maximum atomic E-state index is 13.0. The largest absolute Gasteiger partial charge is 0.463 e. The van der Waals surface area contributed by atoms with Gasteiger partial charge in [0.15, 0.2) is 5.76 Å². The second-order valence-electron chi connectivity index (χ2n) is 7.44. The number of nitrogens with one attached hydrogen (secondary N) is 2. The molecule has 0 saturated carbocycles. The lowest BCUT2D eigenvalue weighted by Crippen LogP contribution is -2.19. The quantitative estimate of drug-likeness (QED) is 0.493. The van der Waals surface area contributed by atoms with E-state index < -0.39 is 0 Å². The molecule has 0 saturated heterocycles. The lowest BCUT2D eigenvalue weighted by Gasteiger charge is -2.10. The van der Waals surface area contributed by atoms with E-state index in [0.717, 1.165) is 17.5 Å². The summed E-state index contributed by atoms with van der Waals surface area (Å²) < 4.78 is 6.87. The maximum absolute atomic E-state index is 13.0. The topological polar surface area (TPSA) is 106 Å². The number of carbonyl (C=O) groups is 1. The standard InChI is InChI=1S/C23H23N5O3/c1-4-6-17-12-21(29)26-23(24-17)28-20(13-18(27-28)19-7-5-8-31-19)25-22(30)16-10-14(2)9-15(3)11-16/h5,7-13H,4,6H2,1-3H3,(H,25,30)(H,24,26,29). The first-order valence-electron chi connectivity index (χ1n) is 10.1. The zero-order chi connectivity index (χ0) is 22.0. The molecule has 8 nitrogen and oxygen atoms in total. The third-order valence-corrected chi connectivity index (χ3v) is 4.70. The number of furan rings is 1. The van der Waals surface area contributed by atoms with Gasteiger partial charge in [-0.2, -0.15) is 9.78 Å². The highest BCUT2D eigenvalue weighted by molar-refractivity contribution is 6.04. The number of nitrogens with zero attached hydrogens (tertiary/aromatic N) is 3. The number of hydrogen-bond donors (Lipinski definition) is 2. The molecule has 0 radical (unpaired) electrons. The normalized spacial score (nSPS) is 10.9. The Morgan fingerprint density at radius 2 is 1.94 bits per heavy atom. The fourth-order valence-corrected chi connectivity index (χ4v) is 3.45. The Balaban J connectivity index is 1.78. The predicted molar refractivity (Wildman–Crippen MR) is 118 cm³/mol. The van der Waals surface area contributed by atoms with Crippen molar-refractivity contribution in [2.45, 2.75) is 33.6 Å². The third-order valence-electron chi connectivity index (χ3n) is 4.70. The summed E-state index contributed by atoms with van der Waals surface area (Å²) in [6, 6.07) is 12.3. The molecule has 31 heavy (non-hydrogen) atoms. The zero-order valence-electron chi connectivity index (χ0n) is 17.6. The minimum Gasteiger partial charge on any atom is -0.463 e. The molecule has 3 heterocycles. The van der Waals surface area contributed by atoms with Crippen LogP contribution in [0.2, 0.25) is 0 Å². The van der Waals surface area contributed by atoms with Crippen LogP contribution in [-0.4, -0.2) is 25.7 Å². The molecule has 0 aliphatic carbocycles. The molecule has 0 atom stereocenters. The maximum Gasteiger partial charge on any atom is 0.256 e. The van der Waals surface area contributed by atoms with Crippen molar-refractivity contribution in [3.8, 4) is 17.4 Å². The van der Waals surface area contributed by atoms with Gasteiger partial charge in [0, 0.05) is 23.4 Å². The molecule has 0 aliphatic rings. The SMILES string of the molecule is CCCc1cc(=O)[nH]c(-n2nc(-c3ccco3)cc2NC(=O)c2cc(C)cc(C)c2)n1. The van der Waals surface area contributed by atoms with Gasteiger partial charge >= 0.3 is 0 Å². The van der Waals surface area contributed by atoms with Gasteiger partial charge < -0.3 is 9.73 Å². The van der Waals surface area contributed by atoms with Crippen LogP contribution in [-0.2, 0) is 6.42 Å². The van der Waals surface area contributed by atoms with Gasteiger partial charge in [0.05, 0.1) is 6.26 Å². The second kappa shape index (κ2) is 8.43. The van der Waals surface area contributed by atoms with Gasteiger partial charge in [-0.1, -0.05) is 30.5 Å². The summed E-state index contributed by atoms with van der Waals surface area (Å²) >= 11 is 0. The molecule has 0 bridgehead atoms. The molecule has 1 aromatic carbocycles. The highest BCUT2D eigenvalue weighted by Crippen LogP contribution is 2.24. The van der Waals surface area contributed by atoms with Crippen LogP contribution in [0.15, 0.2) is 57.9 Å². The number of aromatic nitrogens is 4. The Morgan fingerprint density at radius 1 is 1.16 bits per heavy atom. The molecule has 2 N–H and O–H groups in total. The van der Waals surface area contributed by atoms with Crippen LogP contribution in [0.3, 0.4) is 0 Å². The summed E-state index contributed by atoms with van der Waals surface area (Å²) in [6.45, 7) is 5.90.